The fourth-order valence-electron chi connectivity index (χ4n) is 1.59. The van der Waals surface area contributed by atoms with Crippen LogP contribution in [0.5, 0.6) is 0 Å². The summed E-state index contributed by atoms with van der Waals surface area (Å²) in [4.78, 5) is 0. The lowest BCUT2D eigenvalue weighted by Gasteiger charge is -2.18. The van der Waals surface area contributed by atoms with Crippen LogP contribution >= 0.6 is 15.9 Å². The van der Waals surface area contributed by atoms with Crippen LogP contribution in [0.1, 0.15) is 19.4 Å². The van der Waals surface area contributed by atoms with E-state index in [4.69, 9.17) is 9.47 Å². The van der Waals surface area contributed by atoms with Crippen molar-refractivity contribution in [1.82, 2.24) is 0 Å². The monoisotopic (exact) mass is 355 g/mol. The summed E-state index contributed by atoms with van der Waals surface area (Å²) in [6.45, 7) is 4.87. The zero-order valence-electron chi connectivity index (χ0n) is 11.3. The van der Waals surface area contributed by atoms with E-state index in [2.05, 4.69) is 21.2 Å². The second kappa shape index (κ2) is 7.85. The predicted molar refractivity (Wildman–Crippen MR) is 74.7 cm³/mol. The lowest BCUT2D eigenvalue weighted by molar-refractivity contribution is -0.137. The molecule has 3 nitrogen and oxygen atoms in total. The van der Waals surface area contributed by atoms with E-state index in [0.717, 1.165) is 12.1 Å². The number of alkyl halides is 3. The van der Waals surface area contributed by atoms with Crippen LogP contribution in [-0.2, 0) is 15.7 Å². The maximum absolute atomic E-state index is 12.7. The average Bonchev–Trinajstić information content (AvgIpc) is 2.35. The van der Waals surface area contributed by atoms with Crippen LogP contribution in [0, 0.1) is 0 Å². The minimum atomic E-state index is -4.38. The molecule has 1 aromatic rings. The number of rotatable bonds is 7. The van der Waals surface area contributed by atoms with Crippen molar-refractivity contribution in [3.05, 3.63) is 28.2 Å². The molecule has 0 aliphatic heterocycles. The molecule has 0 heterocycles. The summed E-state index contributed by atoms with van der Waals surface area (Å²) in [6.07, 6.45) is -4.86. The first-order valence-corrected chi connectivity index (χ1v) is 7.01. The fourth-order valence-corrected chi connectivity index (χ4v) is 2.09. The predicted octanol–water partition coefficient (Wildman–Crippen LogP) is 4.28. The zero-order chi connectivity index (χ0) is 15.2. The number of ether oxygens (including phenoxy) is 2. The first kappa shape index (κ1) is 17.3. The number of halogens is 4. The van der Waals surface area contributed by atoms with Gasteiger partial charge in [0.2, 0.25) is 0 Å². The topological polar surface area (TPSA) is 30.5 Å². The molecule has 20 heavy (non-hydrogen) atoms. The van der Waals surface area contributed by atoms with Gasteiger partial charge in [-0.2, -0.15) is 13.2 Å². The van der Waals surface area contributed by atoms with E-state index in [1.165, 1.54) is 0 Å². The van der Waals surface area contributed by atoms with Crippen LogP contribution in [0.25, 0.3) is 0 Å². The summed E-state index contributed by atoms with van der Waals surface area (Å²) in [6, 6.07) is 3.66. The SMILES string of the molecule is CCOC(CNc1cc(Br)cc(C(F)(F)F)c1)OCC. The lowest BCUT2D eigenvalue weighted by atomic mass is 10.2. The molecule has 0 bridgehead atoms. The highest BCUT2D eigenvalue weighted by molar-refractivity contribution is 9.10. The van der Waals surface area contributed by atoms with Gasteiger partial charge < -0.3 is 14.8 Å². The summed E-state index contributed by atoms with van der Waals surface area (Å²) in [7, 11) is 0. The Labute approximate surface area is 124 Å². The van der Waals surface area contributed by atoms with Crippen LogP contribution in [0.4, 0.5) is 18.9 Å². The molecule has 0 radical (unpaired) electrons. The Morgan fingerprint density at radius 1 is 1.15 bits per heavy atom. The first-order valence-electron chi connectivity index (χ1n) is 6.21. The summed E-state index contributed by atoms with van der Waals surface area (Å²) < 4.78 is 49.1. The third-order valence-corrected chi connectivity index (χ3v) is 2.86. The Kier molecular flexibility index (Phi) is 6.78. The van der Waals surface area contributed by atoms with E-state index in [-0.39, 0.29) is 6.54 Å². The Balaban J connectivity index is 2.74. The molecule has 114 valence electrons. The summed E-state index contributed by atoms with van der Waals surface area (Å²) in [5.41, 5.74) is -0.352. The number of nitrogens with one attached hydrogen (secondary N) is 1. The molecule has 0 aliphatic rings. The van der Waals surface area contributed by atoms with Crippen molar-refractivity contribution in [2.75, 3.05) is 25.1 Å². The lowest BCUT2D eigenvalue weighted by Crippen LogP contribution is -2.26. The third-order valence-electron chi connectivity index (χ3n) is 2.40. The second-order valence-corrected chi connectivity index (χ2v) is 4.86. The first-order chi connectivity index (χ1) is 9.36. The van der Waals surface area contributed by atoms with Gasteiger partial charge in [0.25, 0.3) is 0 Å². The van der Waals surface area contributed by atoms with Gasteiger partial charge in [-0.1, -0.05) is 15.9 Å². The minimum absolute atomic E-state index is 0.273. The molecule has 0 amide bonds. The molecular weight excluding hydrogens is 339 g/mol. The molecule has 0 aliphatic carbocycles. The number of benzene rings is 1. The van der Waals surface area contributed by atoms with E-state index in [1.807, 2.05) is 13.8 Å². The molecule has 7 heteroatoms. The van der Waals surface area contributed by atoms with Gasteiger partial charge in [-0.25, -0.2) is 0 Å². The van der Waals surface area contributed by atoms with E-state index in [0.29, 0.717) is 23.4 Å². The van der Waals surface area contributed by atoms with Gasteiger partial charge in [0.1, 0.15) is 0 Å². The Morgan fingerprint density at radius 3 is 2.25 bits per heavy atom. The van der Waals surface area contributed by atoms with Crippen molar-refractivity contribution in [3.8, 4) is 0 Å². The molecule has 0 spiro atoms. The van der Waals surface area contributed by atoms with Crippen LogP contribution in [0.15, 0.2) is 22.7 Å². The molecule has 0 saturated carbocycles. The number of anilines is 1. The highest BCUT2D eigenvalue weighted by atomic mass is 79.9. The average molecular weight is 356 g/mol. The highest BCUT2D eigenvalue weighted by Crippen LogP contribution is 2.33. The largest absolute Gasteiger partial charge is 0.416 e. The quantitative estimate of drug-likeness (QED) is 0.740. The van der Waals surface area contributed by atoms with Crippen LogP contribution in [-0.4, -0.2) is 26.0 Å². The van der Waals surface area contributed by atoms with Gasteiger partial charge in [0, 0.05) is 23.4 Å². The van der Waals surface area contributed by atoms with E-state index < -0.39 is 18.0 Å². The summed E-state index contributed by atoms with van der Waals surface area (Å²) >= 11 is 3.07. The van der Waals surface area contributed by atoms with Crippen molar-refractivity contribution in [2.45, 2.75) is 26.3 Å². The molecule has 1 aromatic carbocycles. The van der Waals surface area contributed by atoms with Gasteiger partial charge in [0.05, 0.1) is 12.1 Å². The van der Waals surface area contributed by atoms with Crippen molar-refractivity contribution >= 4 is 21.6 Å². The smallest absolute Gasteiger partial charge is 0.380 e. The Bertz CT molecular complexity index is 421. The normalized spacial score (nSPS) is 11.9. The van der Waals surface area contributed by atoms with Gasteiger partial charge >= 0.3 is 6.18 Å². The van der Waals surface area contributed by atoms with Crippen molar-refractivity contribution < 1.29 is 22.6 Å². The van der Waals surface area contributed by atoms with Gasteiger partial charge in [-0.3, -0.25) is 0 Å². The van der Waals surface area contributed by atoms with Crippen molar-refractivity contribution in [1.29, 1.82) is 0 Å². The Morgan fingerprint density at radius 2 is 1.75 bits per heavy atom. The molecule has 0 aromatic heterocycles. The molecule has 0 unspecified atom stereocenters. The molecular formula is C13H17BrF3NO2. The van der Waals surface area contributed by atoms with Gasteiger partial charge in [-0.05, 0) is 32.0 Å². The minimum Gasteiger partial charge on any atom is -0.380 e. The molecule has 1 N–H and O–H groups in total. The molecule has 0 saturated heterocycles. The van der Waals surface area contributed by atoms with Gasteiger partial charge in [-0.15, -0.1) is 0 Å². The third kappa shape index (κ3) is 5.68. The molecule has 0 fully saturated rings. The summed E-state index contributed by atoms with van der Waals surface area (Å²) in [5, 5.41) is 2.89. The van der Waals surface area contributed by atoms with Crippen LogP contribution in [0.2, 0.25) is 0 Å². The van der Waals surface area contributed by atoms with E-state index in [1.54, 1.807) is 6.07 Å². The van der Waals surface area contributed by atoms with E-state index in [9.17, 15) is 13.2 Å². The number of hydrogen-bond donors (Lipinski definition) is 1. The van der Waals surface area contributed by atoms with Crippen molar-refractivity contribution in [2.24, 2.45) is 0 Å². The zero-order valence-corrected chi connectivity index (χ0v) is 12.8. The number of hydrogen-bond acceptors (Lipinski definition) is 3. The molecule has 0 atom stereocenters. The van der Waals surface area contributed by atoms with Crippen LogP contribution in [0.3, 0.4) is 0 Å². The maximum atomic E-state index is 12.7. The van der Waals surface area contributed by atoms with Crippen LogP contribution < -0.4 is 5.32 Å². The standard InChI is InChI=1S/C13H17BrF3NO2/c1-3-19-12(20-4-2)8-18-11-6-9(13(15,16)17)5-10(14)7-11/h5-7,12,18H,3-4,8H2,1-2H3. The van der Waals surface area contributed by atoms with Crippen molar-refractivity contribution in [3.63, 3.8) is 0 Å². The maximum Gasteiger partial charge on any atom is 0.416 e. The molecule has 1 rings (SSSR count). The van der Waals surface area contributed by atoms with E-state index >= 15 is 0 Å². The van der Waals surface area contributed by atoms with Gasteiger partial charge in [0.15, 0.2) is 6.29 Å². The highest BCUT2D eigenvalue weighted by Gasteiger charge is 2.31. The second-order valence-electron chi connectivity index (χ2n) is 3.95. The Hall–Kier alpha value is -0.790. The summed E-state index contributed by atoms with van der Waals surface area (Å²) in [5.74, 6) is 0. The fraction of sp³-hybridized carbons (Fsp3) is 0.538.